The molecule has 2 atom stereocenters. The molecule has 3 aromatic carbocycles. The summed E-state index contributed by atoms with van der Waals surface area (Å²) < 4.78 is 2.09. The summed E-state index contributed by atoms with van der Waals surface area (Å²) in [6, 6.07) is 29.6. The number of hydrogen-bond acceptors (Lipinski definition) is 10. The van der Waals surface area contributed by atoms with Gasteiger partial charge in [0.05, 0.1) is 33.8 Å². The first kappa shape index (κ1) is 40.6. The molecule has 0 fully saturated rings. The molecule has 4 bridgehead atoms. The fraction of sp³-hybridized carbons (Fsp3) is 0.113. The Morgan fingerprint density at radius 3 is 2.54 bits per heavy atom. The van der Waals surface area contributed by atoms with E-state index < -0.39 is 6.17 Å². The highest BCUT2D eigenvalue weighted by molar-refractivity contribution is 6.16. The van der Waals surface area contributed by atoms with Gasteiger partial charge < -0.3 is 11.1 Å². The first-order valence-corrected chi connectivity index (χ1v) is 21.5. The number of pyridine rings is 3. The number of rotatable bonds is 6. The number of nitrogens with two attached hydrogens (primary N) is 1. The molecule has 0 amide bonds. The Morgan fingerprint density at radius 2 is 1.69 bits per heavy atom. The fourth-order valence-electron chi connectivity index (χ4n) is 8.94. The molecule has 0 radical (unpaired) electrons. The highest BCUT2D eigenvalue weighted by Crippen LogP contribution is 2.40. The van der Waals surface area contributed by atoms with E-state index in [0.717, 1.165) is 44.4 Å². The number of imidazole rings is 1. The van der Waals surface area contributed by atoms with Crippen molar-refractivity contribution in [3.8, 4) is 17.1 Å². The molecule has 0 aliphatic carbocycles. The van der Waals surface area contributed by atoms with E-state index >= 15 is 0 Å². The van der Waals surface area contributed by atoms with Gasteiger partial charge in [-0.15, -0.1) is 0 Å². The van der Waals surface area contributed by atoms with Crippen LogP contribution >= 0.6 is 0 Å². The molecule has 65 heavy (non-hydrogen) atoms. The molecular weight excluding hydrogens is 805 g/mol. The average Bonchev–Trinajstić information content (AvgIpc) is 3.92. The first-order valence-electron chi connectivity index (χ1n) is 21.5. The minimum Gasteiger partial charge on any atom is -0.397 e. The third-order valence-electron chi connectivity index (χ3n) is 11.9. The molecule has 12 nitrogen and oxygen atoms in total. The van der Waals surface area contributed by atoms with Crippen molar-refractivity contribution in [1.29, 1.82) is 5.41 Å². The van der Waals surface area contributed by atoms with Crippen LogP contribution in [0.4, 0.5) is 22.9 Å². The van der Waals surface area contributed by atoms with Crippen molar-refractivity contribution in [2.75, 3.05) is 23.0 Å². The summed E-state index contributed by atoms with van der Waals surface area (Å²) in [4.78, 5) is 34.3. The molecule has 7 heterocycles. The zero-order chi connectivity index (χ0) is 44.6. The number of para-hydroxylation sites is 2. The largest absolute Gasteiger partial charge is 0.397 e. The van der Waals surface area contributed by atoms with Crippen LogP contribution in [0.2, 0.25) is 0 Å². The molecule has 0 saturated carbocycles. The van der Waals surface area contributed by atoms with Crippen molar-refractivity contribution in [2.24, 2.45) is 9.98 Å². The molecule has 7 aromatic rings. The maximum atomic E-state index is 10.4. The molecule has 3 aliphatic heterocycles. The molecule has 318 valence electrons. The summed E-state index contributed by atoms with van der Waals surface area (Å²) in [6.45, 7) is 10.6. The molecular formula is C53H46N12. The van der Waals surface area contributed by atoms with Crippen LogP contribution in [0.15, 0.2) is 157 Å². The van der Waals surface area contributed by atoms with Gasteiger partial charge in [0, 0.05) is 48.5 Å². The predicted octanol–water partition coefficient (Wildman–Crippen LogP) is 8.46. The second-order valence-corrected chi connectivity index (χ2v) is 15.8. The van der Waals surface area contributed by atoms with Gasteiger partial charge in [0.1, 0.15) is 34.9 Å². The normalized spacial score (nSPS) is 17.7. The lowest BCUT2D eigenvalue weighted by molar-refractivity contribution is 0.437. The lowest BCUT2D eigenvalue weighted by Gasteiger charge is -2.30. The lowest BCUT2D eigenvalue weighted by Crippen LogP contribution is -2.43. The van der Waals surface area contributed by atoms with Gasteiger partial charge in [-0.25, -0.2) is 15.0 Å². The van der Waals surface area contributed by atoms with Crippen molar-refractivity contribution < 1.29 is 0 Å². The van der Waals surface area contributed by atoms with E-state index in [1.165, 1.54) is 0 Å². The molecule has 0 saturated heterocycles. The molecule has 10 rings (SSSR count). The Balaban J connectivity index is 1.31. The standard InChI is InChI=1S/C53H46N12/c1-5-15-34-19-9-24-43(45(34)54)63-48(55)37-30-38(50-61-40-22-13-28-59-52(40)64(50)42(6-2)46-33(3)16-11-26-57-46)32-39(31-37)51-62-41-23-14-29-60-53(41)65(51)44-25-10-20-35(47(44)56-4)17-7-8-18-36-21-12-27-58-49(36)63/h5-7,9-17,19-32,40,52,55-56H,2-3,8,18,54H2,1,4H3/b15-5-,17-7-,46-42-,55-48?. The number of aromatic nitrogens is 5. The van der Waals surface area contributed by atoms with Crippen molar-refractivity contribution in [3.05, 3.63) is 185 Å². The summed E-state index contributed by atoms with van der Waals surface area (Å²) in [5.74, 6) is 2.00. The first-order chi connectivity index (χ1) is 31.9. The van der Waals surface area contributed by atoms with E-state index in [2.05, 4.69) is 76.5 Å². The number of aliphatic imine (C=N–C) groups is 2. The van der Waals surface area contributed by atoms with Gasteiger partial charge in [0.25, 0.3) is 0 Å². The molecule has 2 unspecified atom stereocenters. The van der Waals surface area contributed by atoms with Crippen molar-refractivity contribution in [1.82, 2.24) is 29.4 Å². The molecule has 3 aliphatic rings. The zero-order valence-electron chi connectivity index (χ0n) is 36.1. The maximum Gasteiger partial charge on any atom is 0.165 e. The Labute approximate surface area is 376 Å². The number of anilines is 4. The van der Waals surface area contributed by atoms with Gasteiger partial charge in [0.15, 0.2) is 11.8 Å². The number of nitrogens with one attached hydrogen (secondary N) is 2. The number of fused-ring (bicyclic) bond motifs is 11. The van der Waals surface area contributed by atoms with Crippen LogP contribution in [0.5, 0.6) is 0 Å². The van der Waals surface area contributed by atoms with Gasteiger partial charge in [-0.2, -0.15) is 0 Å². The highest BCUT2D eigenvalue weighted by atomic mass is 15.4. The molecule has 12 heteroatoms. The summed E-state index contributed by atoms with van der Waals surface area (Å²) in [6.07, 6.45) is 22.1. The number of dihydropyridines is 1. The Kier molecular flexibility index (Phi) is 10.6. The SMILES string of the molecule is C=C/C(=c1/ncccc1=C)N1C(c2cc3cc(c2)-c2nc4cccnc4n2-c2cccc(c2NC)/C=C\CCc2cccnc2N(c2cccc(/C=C\C)c2N)C3=N)=NC2C=CC=NC21. The summed E-state index contributed by atoms with van der Waals surface area (Å²) in [7, 11) is 1.93. The van der Waals surface area contributed by atoms with E-state index in [9.17, 15) is 5.41 Å². The van der Waals surface area contributed by atoms with Crippen LogP contribution in [0.3, 0.4) is 0 Å². The van der Waals surface area contributed by atoms with Crippen LogP contribution < -0.4 is 26.5 Å². The number of amidine groups is 2. The second-order valence-electron chi connectivity index (χ2n) is 15.8. The van der Waals surface area contributed by atoms with Gasteiger partial charge in [-0.1, -0.05) is 79.9 Å². The lowest BCUT2D eigenvalue weighted by atomic mass is 10.00. The monoisotopic (exact) mass is 850 g/mol. The van der Waals surface area contributed by atoms with Gasteiger partial charge >= 0.3 is 0 Å². The highest BCUT2D eigenvalue weighted by Gasteiger charge is 2.39. The van der Waals surface area contributed by atoms with E-state index in [4.69, 9.17) is 35.7 Å². The number of nitrogen functional groups attached to an aromatic ring is 1. The topological polar surface area (TPSA) is 150 Å². The zero-order valence-corrected chi connectivity index (χ0v) is 36.1. The third kappa shape index (κ3) is 7.10. The summed E-state index contributed by atoms with van der Waals surface area (Å²) in [5, 5.41) is 15.4. The quantitative estimate of drug-likeness (QED) is 0.141. The summed E-state index contributed by atoms with van der Waals surface area (Å²) >= 11 is 0. The minimum absolute atomic E-state index is 0.150. The average molecular weight is 851 g/mol. The van der Waals surface area contributed by atoms with Crippen LogP contribution in [-0.2, 0) is 6.42 Å². The van der Waals surface area contributed by atoms with E-state index in [-0.39, 0.29) is 11.9 Å². The van der Waals surface area contributed by atoms with E-state index in [1.807, 2.05) is 97.8 Å². The summed E-state index contributed by atoms with van der Waals surface area (Å²) in [5.41, 5.74) is 16.9. The Bertz CT molecular complexity index is 3340. The number of benzene rings is 3. The van der Waals surface area contributed by atoms with E-state index in [1.54, 1.807) is 30.9 Å². The van der Waals surface area contributed by atoms with Crippen LogP contribution in [0, 0.1) is 5.41 Å². The van der Waals surface area contributed by atoms with Crippen LogP contribution in [-0.4, -0.2) is 66.5 Å². The van der Waals surface area contributed by atoms with Crippen LogP contribution in [0.25, 0.3) is 52.7 Å². The van der Waals surface area contributed by atoms with Gasteiger partial charge in [0.2, 0.25) is 0 Å². The number of allylic oxidation sites excluding steroid dienone is 3. The number of hydrogen-bond donors (Lipinski definition) is 3. The van der Waals surface area contributed by atoms with Crippen LogP contribution in [0.1, 0.15) is 41.2 Å². The number of nitrogens with zero attached hydrogens (tertiary/aromatic N) is 9. The smallest absolute Gasteiger partial charge is 0.165 e. The fourth-order valence-corrected chi connectivity index (χ4v) is 8.94. The Hall–Kier alpha value is -8.51. The van der Waals surface area contributed by atoms with Crippen molar-refractivity contribution in [3.63, 3.8) is 0 Å². The Morgan fingerprint density at radius 1 is 0.908 bits per heavy atom. The van der Waals surface area contributed by atoms with Gasteiger partial charge in [-0.3, -0.25) is 34.7 Å². The minimum atomic E-state index is -0.425. The number of aryl methyl sites for hydroxylation is 1. The molecule has 4 N–H and O–H groups in total. The predicted molar refractivity (Wildman–Crippen MR) is 266 cm³/mol. The third-order valence-corrected chi connectivity index (χ3v) is 11.9. The van der Waals surface area contributed by atoms with E-state index in [0.29, 0.717) is 69.5 Å². The maximum absolute atomic E-state index is 10.4. The van der Waals surface area contributed by atoms with Crippen molar-refractivity contribution >= 4 is 76.4 Å². The molecule has 4 aromatic heterocycles. The second kappa shape index (κ2) is 17.0. The van der Waals surface area contributed by atoms with Crippen molar-refractivity contribution in [2.45, 2.75) is 32.0 Å². The van der Waals surface area contributed by atoms with Gasteiger partial charge in [-0.05, 0) is 108 Å². The molecule has 0 spiro atoms.